The SMILES string of the molecule is O=C(Nc1ccccc1)[C@@]1(c2ccccc2)SC(c2ccccc2)=C([N+](=O)[O-])[C@@H]1c1ccccc1. The summed E-state index contributed by atoms with van der Waals surface area (Å²) in [6.07, 6.45) is 0. The van der Waals surface area contributed by atoms with Crippen molar-refractivity contribution in [2.45, 2.75) is 10.7 Å². The molecule has 0 radical (unpaired) electrons. The summed E-state index contributed by atoms with van der Waals surface area (Å²) in [5.41, 5.74) is 2.80. The molecule has 0 spiro atoms. The van der Waals surface area contributed by atoms with Crippen molar-refractivity contribution in [2.75, 3.05) is 5.32 Å². The van der Waals surface area contributed by atoms with Crippen molar-refractivity contribution in [3.05, 3.63) is 154 Å². The molecule has 0 unspecified atom stereocenters. The second-order valence-corrected chi connectivity index (χ2v) is 9.46. The minimum atomic E-state index is -1.30. The zero-order chi connectivity index (χ0) is 24.3. The summed E-state index contributed by atoms with van der Waals surface area (Å²) in [5, 5.41) is 15.7. The van der Waals surface area contributed by atoms with E-state index in [4.69, 9.17) is 0 Å². The molecule has 0 bridgehead atoms. The number of thioether (sulfide) groups is 1. The Balaban J connectivity index is 1.78. The number of nitrogens with zero attached hydrogens (tertiary/aromatic N) is 1. The van der Waals surface area contributed by atoms with Crippen molar-refractivity contribution in [3.63, 3.8) is 0 Å². The van der Waals surface area contributed by atoms with E-state index >= 15 is 0 Å². The van der Waals surface area contributed by atoms with Gasteiger partial charge in [-0.3, -0.25) is 14.9 Å². The normalized spacial score (nSPS) is 19.4. The number of anilines is 1. The summed E-state index contributed by atoms with van der Waals surface area (Å²) >= 11 is 1.26. The van der Waals surface area contributed by atoms with Crippen LogP contribution in [0.5, 0.6) is 0 Å². The molecule has 172 valence electrons. The number of hydrogen-bond acceptors (Lipinski definition) is 4. The Labute approximate surface area is 207 Å². The number of rotatable bonds is 6. The fourth-order valence-electron chi connectivity index (χ4n) is 4.58. The summed E-state index contributed by atoms with van der Waals surface area (Å²) in [5.74, 6) is -1.12. The fraction of sp³-hybridized carbons (Fsp3) is 0.0690. The van der Waals surface area contributed by atoms with Gasteiger partial charge in [0.2, 0.25) is 5.91 Å². The van der Waals surface area contributed by atoms with Crippen LogP contribution in [0.25, 0.3) is 4.91 Å². The third kappa shape index (κ3) is 4.13. The standard InChI is InChI=1S/C29H22N2O3S/c32-28(30-24-19-11-4-12-20-24)29(23-17-9-3-10-18-23)25(21-13-5-1-6-14-21)26(31(33)34)27(35-29)22-15-7-2-8-16-22/h1-20,25H,(H,30,32)/t25-,29-/m0/s1. The smallest absolute Gasteiger partial charge is 0.270 e. The molecule has 1 amide bonds. The molecule has 0 saturated carbocycles. The highest BCUT2D eigenvalue weighted by atomic mass is 32.2. The Hall–Kier alpha value is -4.16. The lowest BCUT2D eigenvalue weighted by Gasteiger charge is -2.33. The second-order valence-electron chi connectivity index (χ2n) is 8.21. The monoisotopic (exact) mass is 478 g/mol. The summed E-state index contributed by atoms with van der Waals surface area (Å²) in [6.45, 7) is 0. The number of allylic oxidation sites excluding steroid dienone is 1. The Kier molecular flexibility index (Phi) is 6.21. The van der Waals surface area contributed by atoms with Crippen molar-refractivity contribution in [1.82, 2.24) is 0 Å². The summed E-state index contributed by atoms with van der Waals surface area (Å²) in [4.78, 5) is 27.1. The molecule has 1 N–H and O–H groups in total. The molecular weight excluding hydrogens is 456 g/mol. The van der Waals surface area contributed by atoms with Crippen molar-refractivity contribution in [3.8, 4) is 0 Å². The number of amides is 1. The predicted octanol–water partition coefficient (Wildman–Crippen LogP) is 6.70. The predicted molar refractivity (Wildman–Crippen MR) is 140 cm³/mol. The van der Waals surface area contributed by atoms with Gasteiger partial charge in [0.1, 0.15) is 10.7 Å². The van der Waals surface area contributed by atoms with E-state index in [1.165, 1.54) is 11.8 Å². The van der Waals surface area contributed by atoms with Gasteiger partial charge in [0, 0.05) is 5.69 Å². The molecule has 0 saturated heterocycles. The third-order valence-corrected chi connectivity index (χ3v) is 7.74. The second kappa shape index (κ2) is 9.60. The molecule has 1 aliphatic rings. The lowest BCUT2D eigenvalue weighted by Crippen LogP contribution is -2.42. The molecular formula is C29H22N2O3S. The maximum atomic E-state index is 14.3. The highest BCUT2D eigenvalue weighted by molar-refractivity contribution is 8.10. The minimum absolute atomic E-state index is 0.0273. The van der Waals surface area contributed by atoms with Crippen LogP contribution in [0, 0.1) is 10.1 Å². The summed E-state index contributed by atoms with van der Waals surface area (Å²) in [6, 6.07) is 37.1. The van der Waals surface area contributed by atoms with Crippen molar-refractivity contribution in [2.24, 2.45) is 0 Å². The van der Waals surface area contributed by atoms with E-state index in [1.54, 1.807) is 0 Å². The van der Waals surface area contributed by atoms with Crippen molar-refractivity contribution in [1.29, 1.82) is 0 Å². The average molecular weight is 479 g/mol. The van der Waals surface area contributed by atoms with Gasteiger partial charge in [-0.15, -0.1) is 0 Å². The number of carbonyl (C=O) groups is 1. The summed E-state index contributed by atoms with van der Waals surface area (Å²) < 4.78 is -1.30. The van der Waals surface area contributed by atoms with E-state index in [0.29, 0.717) is 21.7 Å². The lowest BCUT2D eigenvalue weighted by molar-refractivity contribution is -0.428. The van der Waals surface area contributed by atoms with Gasteiger partial charge in [-0.05, 0) is 28.8 Å². The van der Waals surface area contributed by atoms with Gasteiger partial charge < -0.3 is 5.32 Å². The van der Waals surface area contributed by atoms with Crippen LogP contribution >= 0.6 is 11.8 Å². The van der Waals surface area contributed by atoms with E-state index in [2.05, 4.69) is 5.32 Å². The molecule has 0 aliphatic carbocycles. The Bertz CT molecular complexity index is 1380. The van der Waals surface area contributed by atoms with E-state index in [-0.39, 0.29) is 16.5 Å². The number of para-hydroxylation sites is 1. The molecule has 1 aliphatic heterocycles. The molecule has 0 fully saturated rings. The zero-order valence-corrected chi connectivity index (χ0v) is 19.5. The third-order valence-electron chi connectivity index (χ3n) is 6.11. The van der Waals surface area contributed by atoms with Gasteiger partial charge in [-0.2, -0.15) is 0 Å². The van der Waals surface area contributed by atoms with Crippen molar-refractivity contribution < 1.29 is 9.72 Å². The van der Waals surface area contributed by atoms with Crippen LogP contribution in [0.15, 0.2) is 127 Å². The lowest BCUT2D eigenvalue weighted by atomic mass is 9.77. The highest BCUT2D eigenvalue weighted by Crippen LogP contribution is 2.63. The van der Waals surface area contributed by atoms with Crippen LogP contribution in [-0.4, -0.2) is 10.8 Å². The molecule has 4 aromatic carbocycles. The number of benzene rings is 4. The van der Waals surface area contributed by atoms with Crippen LogP contribution < -0.4 is 5.32 Å². The minimum Gasteiger partial charge on any atom is -0.325 e. The van der Waals surface area contributed by atoms with Gasteiger partial charge in [-0.25, -0.2) is 0 Å². The van der Waals surface area contributed by atoms with Crippen LogP contribution in [0.1, 0.15) is 22.6 Å². The first-order chi connectivity index (χ1) is 17.1. The Morgan fingerprint density at radius 3 is 1.86 bits per heavy atom. The molecule has 1 heterocycles. The number of hydrogen-bond donors (Lipinski definition) is 1. The highest BCUT2D eigenvalue weighted by Gasteiger charge is 2.60. The zero-order valence-electron chi connectivity index (χ0n) is 18.7. The Morgan fingerprint density at radius 1 is 0.771 bits per heavy atom. The molecule has 5 rings (SSSR count). The quantitative estimate of drug-likeness (QED) is 0.247. The van der Waals surface area contributed by atoms with Crippen LogP contribution in [0.2, 0.25) is 0 Å². The molecule has 35 heavy (non-hydrogen) atoms. The Morgan fingerprint density at radius 2 is 1.29 bits per heavy atom. The maximum Gasteiger partial charge on any atom is 0.270 e. The fourth-order valence-corrected chi connectivity index (χ4v) is 6.22. The van der Waals surface area contributed by atoms with Crippen LogP contribution in [-0.2, 0) is 9.54 Å². The largest absolute Gasteiger partial charge is 0.325 e. The number of nitrogens with one attached hydrogen (secondary N) is 1. The summed E-state index contributed by atoms with van der Waals surface area (Å²) in [7, 11) is 0. The van der Waals surface area contributed by atoms with Crippen LogP contribution in [0.3, 0.4) is 0 Å². The van der Waals surface area contributed by atoms with Crippen molar-refractivity contribution >= 4 is 28.3 Å². The number of carbonyl (C=O) groups excluding carboxylic acids is 1. The first kappa shape index (κ1) is 22.6. The molecule has 6 heteroatoms. The van der Waals surface area contributed by atoms with E-state index in [0.717, 1.165) is 5.56 Å². The van der Waals surface area contributed by atoms with Gasteiger partial charge in [0.15, 0.2) is 0 Å². The van der Waals surface area contributed by atoms with Gasteiger partial charge in [0.05, 0.1) is 9.83 Å². The molecule has 2 atom stereocenters. The first-order valence-corrected chi connectivity index (χ1v) is 12.0. The van der Waals surface area contributed by atoms with E-state index < -0.39 is 10.7 Å². The van der Waals surface area contributed by atoms with Crippen LogP contribution in [0.4, 0.5) is 5.69 Å². The van der Waals surface area contributed by atoms with Gasteiger partial charge in [-0.1, -0.05) is 121 Å². The van der Waals surface area contributed by atoms with Gasteiger partial charge >= 0.3 is 0 Å². The van der Waals surface area contributed by atoms with Gasteiger partial charge in [0.25, 0.3) is 5.70 Å². The van der Waals surface area contributed by atoms with E-state index in [9.17, 15) is 14.9 Å². The average Bonchev–Trinajstić information content (AvgIpc) is 3.29. The topological polar surface area (TPSA) is 72.2 Å². The number of nitro groups is 1. The molecule has 0 aromatic heterocycles. The molecule has 4 aromatic rings. The maximum absolute atomic E-state index is 14.3. The molecule has 5 nitrogen and oxygen atoms in total. The first-order valence-electron chi connectivity index (χ1n) is 11.2. The van der Waals surface area contributed by atoms with E-state index in [1.807, 2.05) is 121 Å².